The normalized spacial score (nSPS) is 10.3. The van der Waals surface area contributed by atoms with Crippen LogP contribution >= 0.6 is 0 Å². The van der Waals surface area contributed by atoms with Gasteiger partial charge in [0.05, 0.1) is 12.8 Å². The molecule has 0 spiro atoms. The fraction of sp³-hybridized carbons (Fsp3) is 0.125. The first kappa shape index (κ1) is 6.97. The van der Waals surface area contributed by atoms with Gasteiger partial charge in [-0.3, -0.25) is 4.68 Å². The number of nitrogens with zero attached hydrogens (tertiary/aromatic N) is 2. The molecule has 0 atom stereocenters. The molecule has 4 heteroatoms. The molecular formula is C8H9N3O. The van der Waals surface area contributed by atoms with E-state index in [0.29, 0.717) is 12.4 Å². The van der Waals surface area contributed by atoms with Crippen molar-refractivity contribution in [1.82, 2.24) is 9.78 Å². The summed E-state index contributed by atoms with van der Waals surface area (Å²) in [5.41, 5.74) is 5.45. The molecule has 0 saturated heterocycles. The van der Waals surface area contributed by atoms with Crippen LogP contribution in [0.3, 0.4) is 0 Å². The minimum absolute atomic E-state index is 0.529. The summed E-state index contributed by atoms with van der Waals surface area (Å²) >= 11 is 0. The molecule has 0 aromatic carbocycles. The first-order chi connectivity index (χ1) is 5.84. The molecule has 2 aromatic rings. The molecule has 2 aromatic heterocycles. The molecule has 0 fully saturated rings. The highest BCUT2D eigenvalue weighted by molar-refractivity contribution is 5.24. The van der Waals surface area contributed by atoms with Gasteiger partial charge >= 0.3 is 0 Å². The first-order valence-corrected chi connectivity index (χ1v) is 3.66. The van der Waals surface area contributed by atoms with Crippen molar-refractivity contribution < 1.29 is 4.42 Å². The van der Waals surface area contributed by atoms with E-state index in [4.69, 9.17) is 10.2 Å². The maximum absolute atomic E-state index is 5.45. The van der Waals surface area contributed by atoms with Gasteiger partial charge < -0.3 is 10.2 Å². The van der Waals surface area contributed by atoms with Crippen LogP contribution in [0.2, 0.25) is 0 Å². The van der Waals surface area contributed by atoms with Gasteiger partial charge in [-0.15, -0.1) is 0 Å². The first-order valence-electron chi connectivity index (χ1n) is 3.66. The number of hydrogen-bond acceptors (Lipinski definition) is 3. The molecule has 62 valence electrons. The molecule has 0 saturated carbocycles. The Kier molecular flexibility index (Phi) is 1.59. The zero-order valence-corrected chi connectivity index (χ0v) is 6.47. The van der Waals surface area contributed by atoms with E-state index in [9.17, 15) is 0 Å². The Bertz CT molecular complexity index is 350. The fourth-order valence-electron chi connectivity index (χ4n) is 1.03. The number of rotatable bonds is 2. The van der Waals surface area contributed by atoms with E-state index in [0.717, 1.165) is 5.76 Å². The van der Waals surface area contributed by atoms with Gasteiger partial charge in [-0.1, -0.05) is 0 Å². The standard InChI is InChI=1S/C8H9N3O/c9-8-3-4-11(10-8)6-7-2-1-5-12-7/h1-5H,6H2,(H2,9,10). The van der Waals surface area contributed by atoms with Crippen LogP contribution in [0.1, 0.15) is 5.76 Å². The van der Waals surface area contributed by atoms with Gasteiger partial charge in [0.25, 0.3) is 0 Å². The lowest BCUT2D eigenvalue weighted by Crippen LogP contribution is -1.99. The summed E-state index contributed by atoms with van der Waals surface area (Å²) in [6.07, 6.45) is 3.46. The van der Waals surface area contributed by atoms with Crippen molar-refractivity contribution in [1.29, 1.82) is 0 Å². The summed E-state index contributed by atoms with van der Waals surface area (Å²) in [6.45, 7) is 0.629. The lowest BCUT2D eigenvalue weighted by atomic mass is 10.4. The minimum atomic E-state index is 0.529. The van der Waals surface area contributed by atoms with Crippen LogP contribution < -0.4 is 5.73 Å². The Labute approximate surface area is 69.6 Å². The molecule has 2 heterocycles. The predicted molar refractivity (Wildman–Crippen MR) is 44.4 cm³/mol. The molecular weight excluding hydrogens is 154 g/mol. The number of hydrogen-bond donors (Lipinski definition) is 1. The van der Waals surface area contributed by atoms with Crippen molar-refractivity contribution >= 4 is 5.82 Å². The van der Waals surface area contributed by atoms with Gasteiger partial charge in [0.2, 0.25) is 0 Å². The second kappa shape index (κ2) is 2.73. The van der Waals surface area contributed by atoms with Crippen LogP contribution in [-0.2, 0) is 6.54 Å². The van der Waals surface area contributed by atoms with Crippen molar-refractivity contribution in [2.24, 2.45) is 0 Å². The number of furan rings is 1. The van der Waals surface area contributed by atoms with Crippen LogP contribution in [0.5, 0.6) is 0 Å². The lowest BCUT2D eigenvalue weighted by molar-refractivity contribution is 0.480. The van der Waals surface area contributed by atoms with E-state index in [1.165, 1.54) is 0 Å². The minimum Gasteiger partial charge on any atom is -0.467 e. The third-order valence-corrected chi connectivity index (χ3v) is 1.56. The second-order valence-corrected chi connectivity index (χ2v) is 2.52. The topological polar surface area (TPSA) is 57.0 Å². The highest BCUT2D eigenvalue weighted by atomic mass is 16.3. The molecule has 0 radical (unpaired) electrons. The number of nitrogens with two attached hydrogens (primary N) is 1. The molecule has 0 aliphatic rings. The largest absolute Gasteiger partial charge is 0.467 e. The SMILES string of the molecule is Nc1ccn(Cc2ccco2)n1. The molecule has 0 bridgehead atoms. The van der Waals surface area contributed by atoms with Gasteiger partial charge in [0.1, 0.15) is 11.6 Å². The van der Waals surface area contributed by atoms with Crippen molar-refractivity contribution in [3.63, 3.8) is 0 Å². The van der Waals surface area contributed by atoms with E-state index < -0.39 is 0 Å². The molecule has 0 unspecified atom stereocenters. The second-order valence-electron chi connectivity index (χ2n) is 2.52. The number of anilines is 1. The Balaban J connectivity index is 2.14. The molecule has 12 heavy (non-hydrogen) atoms. The monoisotopic (exact) mass is 163 g/mol. The average molecular weight is 163 g/mol. The van der Waals surface area contributed by atoms with Crippen molar-refractivity contribution in [3.8, 4) is 0 Å². The highest BCUT2D eigenvalue weighted by Gasteiger charge is 1.97. The summed E-state index contributed by atoms with van der Waals surface area (Å²) in [7, 11) is 0. The lowest BCUT2D eigenvalue weighted by Gasteiger charge is -1.95. The van der Waals surface area contributed by atoms with Gasteiger partial charge in [-0.2, -0.15) is 5.10 Å². The van der Waals surface area contributed by atoms with Crippen LogP contribution in [0.4, 0.5) is 5.82 Å². The summed E-state index contributed by atoms with van der Waals surface area (Å²) in [4.78, 5) is 0. The molecule has 0 amide bonds. The van der Waals surface area contributed by atoms with Crippen molar-refractivity contribution in [2.45, 2.75) is 6.54 Å². The smallest absolute Gasteiger partial charge is 0.145 e. The van der Waals surface area contributed by atoms with Crippen LogP contribution in [0, 0.1) is 0 Å². The Morgan fingerprint density at radius 3 is 3.00 bits per heavy atom. The Morgan fingerprint density at radius 2 is 2.42 bits per heavy atom. The third-order valence-electron chi connectivity index (χ3n) is 1.56. The maximum Gasteiger partial charge on any atom is 0.145 e. The van der Waals surface area contributed by atoms with Gasteiger partial charge in [-0.05, 0) is 18.2 Å². The van der Waals surface area contributed by atoms with Crippen molar-refractivity contribution in [3.05, 3.63) is 36.4 Å². The molecule has 4 nitrogen and oxygen atoms in total. The Morgan fingerprint density at radius 1 is 1.50 bits per heavy atom. The van der Waals surface area contributed by atoms with E-state index in [1.807, 2.05) is 18.3 Å². The zero-order chi connectivity index (χ0) is 8.39. The third kappa shape index (κ3) is 1.32. The number of aromatic nitrogens is 2. The zero-order valence-electron chi connectivity index (χ0n) is 6.47. The fourth-order valence-corrected chi connectivity index (χ4v) is 1.03. The average Bonchev–Trinajstić information content (AvgIpc) is 2.63. The summed E-state index contributed by atoms with van der Waals surface area (Å²) in [5, 5.41) is 4.02. The van der Waals surface area contributed by atoms with E-state index in [2.05, 4.69) is 5.10 Å². The van der Waals surface area contributed by atoms with Crippen molar-refractivity contribution in [2.75, 3.05) is 5.73 Å². The molecule has 2 rings (SSSR count). The van der Waals surface area contributed by atoms with E-state index in [-0.39, 0.29) is 0 Å². The maximum atomic E-state index is 5.45. The van der Waals surface area contributed by atoms with E-state index >= 15 is 0 Å². The summed E-state index contributed by atoms with van der Waals surface area (Å²) < 4.78 is 6.88. The van der Waals surface area contributed by atoms with Gasteiger partial charge in [0, 0.05) is 6.20 Å². The number of nitrogen functional groups attached to an aromatic ring is 1. The quantitative estimate of drug-likeness (QED) is 0.721. The molecule has 0 aliphatic heterocycles. The predicted octanol–water partition coefficient (Wildman–Crippen LogP) is 1.11. The highest BCUT2D eigenvalue weighted by Crippen LogP contribution is 2.03. The van der Waals surface area contributed by atoms with Crippen LogP contribution in [0.25, 0.3) is 0 Å². The Hall–Kier alpha value is -1.71. The van der Waals surface area contributed by atoms with Crippen LogP contribution in [-0.4, -0.2) is 9.78 Å². The summed E-state index contributed by atoms with van der Waals surface area (Å²) in [6, 6.07) is 5.50. The van der Waals surface area contributed by atoms with E-state index in [1.54, 1.807) is 17.0 Å². The van der Waals surface area contributed by atoms with Crippen LogP contribution in [0.15, 0.2) is 35.1 Å². The summed E-state index contributed by atoms with van der Waals surface area (Å²) in [5.74, 6) is 1.40. The molecule has 2 N–H and O–H groups in total. The molecule has 0 aliphatic carbocycles. The van der Waals surface area contributed by atoms with Gasteiger partial charge in [0.15, 0.2) is 0 Å². The van der Waals surface area contributed by atoms with Gasteiger partial charge in [-0.25, -0.2) is 0 Å².